The van der Waals surface area contributed by atoms with Gasteiger partial charge in [-0.1, -0.05) is 36.4 Å². The minimum absolute atomic E-state index is 0. The molecule has 4 nitrogen and oxygen atoms in total. The molecule has 2 unspecified atom stereocenters. The van der Waals surface area contributed by atoms with E-state index >= 15 is 0 Å². The van der Waals surface area contributed by atoms with Gasteiger partial charge in [0.25, 0.3) is 0 Å². The van der Waals surface area contributed by atoms with Crippen LogP contribution < -0.4 is 0 Å². The first kappa shape index (κ1) is 25.8. The Balaban J connectivity index is 0. The largest absolute Gasteiger partial charge is 2.00 e. The molecule has 1 rings (SSSR count). The molecule has 2 atom stereocenters. The van der Waals surface area contributed by atoms with Gasteiger partial charge in [-0.05, 0) is 56.4 Å². The van der Waals surface area contributed by atoms with Crippen molar-refractivity contribution in [3.63, 3.8) is 0 Å². The average Bonchev–Trinajstić information content (AvgIpc) is 2.47. The van der Waals surface area contributed by atoms with Crippen LogP contribution >= 0.6 is 0 Å². The molecule has 0 spiro atoms. The summed E-state index contributed by atoms with van der Waals surface area (Å²) >= 11 is 0. The Labute approximate surface area is 186 Å². The molecule has 0 bridgehead atoms. The first-order valence-corrected chi connectivity index (χ1v) is 7.58. The van der Waals surface area contributed by atoms with Crippen LogP contribution in [0.1, 0.15) is 42.5 Å². The van der Waals surface area contributed by atoms with E-state index in [2.05, 4.69) is 0 Å². The van der Waals surface area contributed by atoms with Crippen LogP contribution in [0.4, 0.5) is 0 Å². The van der Waals surface area contributed by atoms with Crippen LogP contribution in [0.2, 0.25) is 0 Å². The van der Waals surface area contributed by atoms with Gasteiger partial charge in [-0.3, -0.25) is 0 Å². The van der Waals surface area contributed by atoms with Crippen molar-refractivity contribution in [3.8, 4) is 0 Å². The molecule has 1 radical (unpaired) electrons. The number of allylic oxidation sites excluding steroid dienone is 2. The van der Waals surface area contributed by atoms with E-state index in [-0.39, 0.29) is 61.6 Å². The molecule has 5 heteroatoms. The zero-order valence-electron chi connectivity index (χ0n) is 14.6. The maximum absolute atomic E-state index is 8.60. The number of hydrogen-bond donors (Lipinski definition) is 2. The van der Waals surface area contributed by atoms with Crippen molar-refractivity contribution in [2.24, 2.45) is 0 Å². The summed E-state index contributed by atoms with van der Waals surface area (Å²) in [6.45, 7) is 7.39. The zero-order chi connectivity index (χ0) is 17.8. The zero-order valence-corrected chi connectivity index (χ0v) is 17.1. The van der Waals surface area contributed by atoms with E-state index in [1.165, 1.54) is 0 Å². The molecule has 131 valence electrons. The van der Waals surface area contributed by atoms with Gasteiger partial charge in [0.15, 0.2) is 0 Å². The first-order valence-electron chi connectivity index (χ1n) is 7.58. The van der Waals surface area contributed by atoms with Crippen molar-refractivity contribution in [1.82, 2.24) is 0 Å². The van der Waals surface area contributed by atoms with Crippen molar-refractivity contribution in [2.45, 2.75) is 46.3 Å². The predicted octanol–water partition coefficient (Wildman–Crippen LogP) is 3.75. The summed E-state index contributed by atoms with van der Waals surface area (Å²) in [6, 6.07) is 3.97. The minimum atomic E-state index is -0.375. The third-order valence-electron chi connectivity index (χ3n) is 3.28. The van der Waals surface area contributed by atoms with Gasteiger partial charge >= 0.3 is 49.4 Å². The Kier molecular flexibility index (Phi) is 16.0. The van der Waals surface area contributed by atoms with Gasteiger partial charge in [0, 0.05) is 0 Å². The number of nitrogens with zero attached hydrogens (tertiary/aromatic N) is 2. The van der Waals surface area contributed by atoms with E-state index in [1.54, 1.807) is 26.0 Å². The topological polar surface area (TPSA) is 85.1 Å². The summed E-state index contributed by atoms with van der Waals surface area (Å²) in [5.74, 6) is 0. The van der Waals surface area contributed by atoms with Crippen LogP contribution in [0.3, 0.4) is 0 Å². The fraction of sp³-hybridized carbons (Fsp3) is 0.368. The second-order valence-corrected chi connectivity index (χ2v) is 5.44. The van der Waals surface area contributed by atoms with Gasteiger partial charge < -0.3 is 21.0 Å². The predicted molar refractivity (Wildman–Crippen MR) is 101 cm³/mol. The maximum Gasteiger partial charge on any atom is 2.00 e. The summed E-state index contributed by atoms with van der Waals surface area (Å²) in [7, 11) is 0. The van der Waals surface area contributed by atoms with E-state index in [0.29, 0.717) is 6.42 Å². The molecule has 0 fully saturated rings. The van der Waals surface area contributed by atoms with Gasteiger partial charge in [0.05, 0.1) is 12.2 Å². The molecule has 0 amide bonds. The number of aliphatic hydroxyl groups is 2. The number of rotatable bonds is 6. The molecule has 0 aromatic heterocycles. The molecule has 0 aliphatic rings. The Morgan fingerprint density at radius 3 is 1.42 bits per heavy atom. The second kappa shape index (κ2) is 14.9. The van der Waals surface area contributed by atoms with Crippen LogP contribution in [0.5, 0.6) is 0 Å². The molecule has 24 heavy (non-hydrogen) atoms. The van der Waals surface area contributed by atoms with Crippen LogP contribution in [0, 0.1) is 63.2 Å². The third kappa shape index (κ3) is 11.2. The monoisotopic (exact) mass is 467 g/mol. The van der Waals surface area contributed by atoms with E-state index in [1.807, 2.05) is 38.1 Å². The normalized spacial score (nSPS) is 12.9. The van der Waals surface area contributed by atoms with Crippen molar-refractivity contribution in [1.29, 1.82) is 0 Å². The van der Waals surface area contributed by atoms with E-state index in [9.17, 15) is 0 Å². The number of hydrogen-bond acceptors (Lipinski definition) is 2. The van der Waals surface area contributed by atoms with Gasteiger partial charge in [0.1, 0.15) is 0 Å². The smallest absolute Gasteiger partial charge is 0.811 e. The van der Waals surface area contributed by atoms with Crippen molar-refractivity contribution in [2.75, 3.05) is 0 Å². The number of benzene rings is 1. The van der Waals surface area contributed by atoms with Gasteiger partial charge in [-0.15, -0.1) is 0 Å². The van der Waals surface area contributed by atoms with Crippen molar-refractivity contribution < 1.29 is 59.6 Å². The third-order valence-corrected chi connectivity index (χ3v) is 3.28. The average molecular weight is 466 g/mol. The van der Waals surface area contributed by atoms with Crippen LogP contribution in [0.25, 0.3) is 23.0 Å². The molecule has 1 aromatic rings. The summed E-state index contributed by atoms with van der Waals surface area (Å²) in [5.41, 5.74) is 4.48. The molecule has 0 saturated heterocycles. The van der Waals surface area contributed by atoms with E-state index < -0.39 is 0 Å². The molecule has 0 aliphatic carbocycles. The summed E-state index contributed by atoms with van der Waals surface area (Å²) in [5, 5.41) is 34.3. The summed E-state index contributed by atoms with van der Waals surface area (Å²) < 4.78 is 0. The fourth-order valence-electron chi connectivity index (χ4n) is 2.01. The molecular weight excluding hydrogens is 440 g/mol. The SMILES string of the molecule is CC(O)CC(C)O.Cc1c(/C=C\C=[N-])ccc(/C=C\C=[N-])c1C.[Eu+2]. The minimum Gasteiger partial charge on any atom is -0.811 e. The standard InChI is InChI=1S/C14H14N2.C5H12O2.Eu/c1-11-12(2)14(6-4-10-16)8-7-13(11)5-3-9-15;1-4(6)3-5(2)7;/h3-10H,1-2H3;4-7H,3H2,1-2H3;/q-2;;+2/b5-3-,6-4-;;. The molecule has 0 saturated carbocycles. The Morgan fingerprint density at radius 2 is 1.21 bits per heavy atom. The molecule has 0 aliphatic heterocycles. The Hall–Kier alpha value is -0.456. The van der Waals surface area contributed by atoms with Gasteiger partial charge in [-0.25, -0.2) is 0 Å². The summed E-state index contributed by atoms with van der Waals surface area (Å²) in [6.07, 6.45) is 8.66. The van der Waals surface area contributed by atoms with Crippen LogP contribution in [-0.2, 0) is 0 Å². The van der Waals surface area contributed by atoms with E-state index in [4.69, 9.17) is 21.0 Å². The Bertz CT molecular complexity index is 516. The van der Waals surface area contributed by atoms with Gasteiger partial charge in [0.2, 0.25) is 0 Å². The molecule has 1 aromatic carbocycles. The fourth-order valence-corrected chi connectivity index (χ4v) is 2.01. The Morgan fingerprint density at radius 1 is 0.875 bits per heavy atom. The van der Waals surface area contributed by atoms with Gasteiger partial charge in [-0.2, -0.15) is 12.4 Å². The molecule has 0 heterocycles. The summed E-state index contributed by atoms with van der Waals surface area (Å²) in [4.78, 5) is 0. The van der Waals surface area contributed by atoms with Crippen molar-refractivity contribution >= 4 is 24.6 Å². The first-order chi connectivity index (χ1) is 10.8. The van der Waals surface area contributed by atoms with E-state index in [0.717, 1.165) is 34.7 Å². The van der Waals surface area contributed by atoms with Crippen LogP contribution in [0.15, 0.2) is 24.3 Å². The molecule has 2 N–H and O–H groups in total. The quantitative estimate of drug-likeness (QED) is 0.626. The molecular formula is C19H26EuN2O2. The number of aliphatic hydroxyl groups excluding tert-OH is 2. The maximum atomic E-state index is 8.60. The van der Waals surface area contributed by atoms with Crippen molar-refractivity contribution in [3.05, 3.63) is 57.4 Å². The van der Waals surface area contributed by atoms with Crippen LogP contribution in [-0.4, -0.2) is 34.9 Å². The second-order valence-electron chi connectivity index (χ2n) is 5.44.